The van der Waals surface area contributed by atoms with Gasteiger partial charge in [-0.05, 0) is 20.8 Å². The van der Waals surface area contributed by atoms with E-state index in [1.165, 1.54) is 0 Å². The van der Waals surface area contributed by atoms with Crippen LogP contribution in [-0.2, 0) is 10.3 Å². The fraction of sp³-hybridized carbons (Fsp3) is 0.667. The number of morpholine rings is 1. The summed E-state index contributed by atoms with van der Waals surface area (Å²) in [5, 5.41) is 4.32. The van der Waals surface area contributed by atoms with Gasteiger partial charge in [-0.25, -0.2) is 4.68 Å². The topological polar surface area (TPSA) is 73.4 Å². The van der Waals surface area contributed by atoms with Crippen LogP contribution in [0.25, 0.3) is 0 Å². The highest BCUT2D eigenvalue weighted by atomic mass is 16.5. The van der Waals surface area contributed by atoms with Crippen molar-refractivity contribution < 1.29 is 9.53 Å². The van der Waals surface area contributed by atoms with E-state index in [9.17, 15) is 4.79 Å². The van der Waals surface area contributed by atoms with Crippen molar-refractivity contribution in [1.82, 2.24) is 14.7 Å². The Morgan fingerprint density at radius 3 is 2.50 bits per heavy atom. The van der Waals surface area contributed by atoms with Crippen LogP contribution in [0.5, 0.6) is 0 Å². The second-order valence-corrected chi connectivity index (χ2v) is 5.44. The van der Waals surface area contributed by atoms with Crippen LogP contribution in [-0.4, -0.2) is 46.9 Å². The fourth-order valence-electron chi connectivity index (χ4n) is 1.97. The Labute approximate surface area is 107 Å². The van der Waals surface area contributed by atoms with E-state index in [2.05, 4.69) is 5.10 Å². The molecule has 0 unspecified atom stereocenters. The third-order valence-corrected chi connectivity index (χ3v) is 2.89. The molecule has 0 atom stereocenters. The molecule has 0 spiro atoms. The normalized spacial score (nSPS) is 16.9. The number of aromatic nitrogens is 2. The molecule has 100 valence electrons. The van der Waals surface area contributed by atoms with Gasteiger partial charge in [0, 0.05) is 19.2 Å². The number of hydrogen-bond donors (Lipinski definition) is 1. The van der Waals surface area contributed by atoms with Crippen LogP contribution < -0.4 is 5.73 Å². The van der Waals surface area contributed by atoms with Crippen LogP contribution in [0.3, 0.4) is 0 Å². The van der Waals surface area contributed by atoms with Crippen molar-refractivity contribution >= 4 is 11.7 Å². The van der Waals surface area contributed by atoms with Crippen LogP contribution in [0.1, 0.15) is 31.3 Å². The van der Waals surface area contributed by atoms with Crippen LogP contribution in [0.4, 0.5) is 5.82 Å². The molecule has 1 aromatic rings. The quantitative estimate of drug-likeness (QED) is 0.798. The summed E-state index contributed by atoms with van der Waals surface area (Å²) >= 11 is 0. The lowest BCUT2D eigenvalue weighted by Gasteiger charge is -2.26. The zero-order valence-electron chi connectivity index (χ0n) is 11.1. The van der Waals surface area contributed by atoms with Crippen molar-refractivity contribution in [3.8, 4) is 0 Å². The molecule has 1 aliphatic rings. The second-order valence-electron chi connectivity index (χ2n) is 5.44. The molecule has 2 rings (SSSR count). The number of nitrogen functional groups attached to an aromatic ring is 1. The molecule has 6 nitrogen and oxygen atoms in total. The molecule has 1 aromatic heterocycles. The van der Waals surface area contributed by atoms with Gasteiger partial charge < -0.3 is 15.4 Å². The molecule has 1 aliphatic heterocycles. The average Bonchev–Trinajstić information content (AvgIpc) is 2.71. The molecule has 2 heterocycles. The van der Waals surface area contributed by atoms with Gasteiger partial charge in [-0.2, -0.15) is 5.10 Å². The second kappa shape index (κ2) is 4.61. The maximum atomic E-state index is 12.2. The first-order valence-electron chi connectivity index (χ1n) is 6.12. The Balaban J connectivity index is 2.21. The van der Waals surface area contributed by atoms with Gasteiger partial charge in [-0.15, -0.1) is 0 Å². The van der Waals surface area contributed by atoms with Crippen LogP contribution in [0, 0.1) is 0 Å². The minimum absolute atomic E-state index is 0.0759. The lowest BCUT2D eigenvalue weighted by molar-refractivity contribution is 0.0298. The molecular weight excluding hydrogens is 232 g/mol. The van der Waals surface area contributed by atoms with Gasteiger partial charge in [0.15, 0.2) is 5.69 Å². The van der Waals surface area contributed by atoms with Crippen molar-refractivity contribution in [2.24, 2.45) is 0 Å². The number of ether oxygens (including phenoxy) is 1. The summed E-state index contributed by atoms with van der Waals surface area (Å²) in [6.07, 6.45) is 0. The maximum absolute atomic E-state index is 12.2. The number of amides is 1. The highest BCUT2D eigenvalue weighted by molar-refractivity contribution is 5.93. The summed E-state index contributed by atoms with van der Waals surface area (Å²) in [6, 6.07) is 1.64. The standard InChI is InChI=1S/C12H20N4O2/c1-12(2,3)16-10(13)8-9(14-16)11(17)15-4-6-18-7-5-15/h8H,4-7,13H2,1-3H3. The Morgan fingerprint density at radius 1 is 1.39 bits per heavy atom. The number of anilines is 1. The average molecular weight is 252 g/mol. The molecule has 0 aromatic carbocycles. The fourth-order valence-corrected chi connectivity index (χ4v) is 1.97. The van der Waals surface area contributed by atoms with E-state index >= 15 is 0 Å². The van der Waals surface area contributed by atoms with E-state index in [4.69, 9.17) is 10.5 Å². The minimum Gasteiger partial charge on any atom is -0.384 e. The zero-order chi connectivity index (χ0) is 13.3. The number of carbonyl (C=O) groups excluding carboxylic acids is 1. The predicted molar refractivity (Wildman–Crippen MR) is 68.4 cm³/mol. The molecule has 1 saturated heterocycles. The van der Waals surface area contributed by atoms with E-state index in [1.54, 1.807) is 15.6 Å². The van der Waals surface area contributed by atoms with Gasteiger partial charge in [0.05, 0.1) is 18.8 Å². The first kappa shape index (κ1) is 12.9. The monoisotopic (exact) mass is 252 g/mol. The summed E-state index contributed by atoms with van der Waals surface area (Å²) in [6.45, 7) is 8.39. The van der Waals surface area contributed by atoms with Gasteiger partial charge in [0.2, 0.25) is 0 Å². The van der Waals surface area contributed by atoms with Gasteiger partial charge in [-0.1, -0.05) is 0 Å². The molecule has 0 saturated carbocycles. The SMILES string of the molecule is CC(C)(C)n1nc(C(=O)N2CCOCC2)cc1N. The lowest BCUT2D eigenvalue weighted by Crippen LogP contribution is -2.41. The number of carbonyl (C=O) groups is 1. The molecular formula is C12H20N4O2. The molecule has 6 heteroatoms. The Hall–Kier alpha value is -1.56. The van der Waals surface area contributed by atoms with Gasteiger partial charge in [0.1, 0.15) is 5.82 Å². The van der Waals surface area contributed by atoms with E-state index in [1.807, 2.05) is 20.8 Å². The maximum Gasteiger partial charge on any atom is 0.274 e. The first-order valence-corrected chi connectivity index (χ1v) is 6.12. The van der Waals surface area contributed by atoms with Crippen molar-refractivity contribution in [2.75, 3.05) is 32.0 Å². The van der Waals surface area contributed by atoms with E-state index < -0.39 is 0 Å². The smallest absolute Gasteiger partial charge is 0.274 e. The van der Waals surface area contributed by atoms with Crippen molar-refractivity contribution in [3.63, 3.8) is 0 Å². The number of hydrogen-bond acceptors (Lipinski definition) is 4. The highest BCUT2D eigenvalue weighted by Gasteiger charge is 2.24. The van der Waals surface area contributed by atoms with Gasteiger partial charge in [-0.3, -0.25) is 4.79 Å². The molecule has 0 radical (unpaired) electrons. The Bertz CT molecular complexity index is 441. The summed E-state index contributed by atoms with van der Waals surface area (Å²) in [5.41, 5.74) is 6.08. The van der Waals surface area contributed by atoms with Crippen LogP contribution >= 0.6 is 0 Å². The number of nitrogens with two attached hydrogens (primary N) is 1. The summed E-state index contributed by atoms with van der Waals surface area (Å²) in [5.74, 6) is 0.437. The van der Waals surface area contributed by atoms with E-state index in [0.717, 1.165) is 0 Å². The van der Waals surface area contributed by atoms with Gasteiger partial charge >= 0.3 is 0 Å². The zero-order valence-corrected chi connectivity index (χ0v) is 11.1. The predicted octanol–water partition coefficient (Wildman–Crippen LogP) is 0.693. The molecule has 0 bridgehead atoms. The van der Waals surface area contributed by atoms with E-state index in [-0.39, 0.29) is 11.4 Å². The largest absolute Gasteiger partial charge is 0.384 e. The lowest BCUT2D eigenvalue weighted by atomic mass is 10.1. The Kier molecular flexibility index (Phi) is 3.30. The molecule has 2 N–H and O–H groups in total. The molecule has 1 fully saturated rings. The van der Waals surface area contributed by atoms with Crippen molar-refractivity contribution in [1.29, 1.82) is 0 Å². The van der Waals surface area contributed by atoms with Crippen LogP contribution in [0.2, 0.25) is 0 Å². The number of rotatable bonds is 1. The summed E-state index contributed by atoms with van der Waals surface area (Å²) in [4.78, 5) is 14.0. The Morgan fingerprint density at radius 2 is 2.00 bits per heavy atom. The van der Waals surface area contributed by atoms with Crippen LogP contribution in [0.15, 0.2) is 6.07 Å². The van der Waals surface area contributed by atoms with E-state index in [0.29, 0.717) is 37.8 Å². The summed E-state index contributed by atoms with van der Waals surface area (Å²) < 4.78 is 6.91. The minimum atomic E-state index is -0.229. The molecule has 1 amide bonds. The highest BCUT2D eigenvalue weighted by Crippen LogP contribution is 2.19. The van der Waals surface area contributed by atoms with Crippen molar-refractivity contribution in [2.45, 2.75) is 26.3 Å². The third kappa shape index (κ3) is 2.48. The van der Waals surface area contributed by atoms with Gasteiger partial charge in [0.25, 0.3) is 5.91 Å². The number of nitrogens with zero attached hydrogens (tertiary/aromatic N) is 3. The molecule has 0 aliphatic carbocycles. The van der Waals surface area contributed by atoms with Crippen molar-refractivity contribution in [3.05, 3.63) is 11.8 Å². The third-order valence-electron chi connectivity index (χ3n) is 2.89. The molecule has 18 heavy (non-hydrogen) atoms. The first-order chi connectivity index (χ1) is 8.39. The summed E-state index contributed by atoms with van der Waals surface area (Å²) in [7, 11) is 0.